The highest BCUT2D eigenvalue weighted by molar-refractivity contribution is 5.02. The van der Waals surface area contributed by atoms with Crippen molar-refractivity contribution in [3.8, 4) is 0 Å². The standard InChI is InChI=1S/C14H27N3O2/c1-6-14(7-2,18-8-3)13-16-12(19-17-13)11(15)9-10(4)5/h10-11H,6-9,15H2,1-5H3/t11-/m1/s1. The lowest BCUT2D eigenvalue weighted by Gasteiger charge is -2.27. The molecule has 1 aromatic rings. The lowest BCUT2D eigenvalue weighted by Crippen LogP contribution is -2.30. The second kappa shape index (κ2) is 7.01. The molecule has 0 aliphatic carbocycles. The number of ether oxygens (including phenoxy) is 1. The number of nitrogens with zero attached hydrogens (tertiary/aromatic N) is 2. The van der Waals surface area contributed by atoms with Gasteiger partial charge in [-0.1, -0.05) is 32.9 Å². The molecule has 1 heterocycles. The Kier molecular flexibility index (Phi) is 5.94. The molecule has 0 aromatic carbocycles. The monoisotopic (exact) mass is 269 g/mol. The predicted molar refractivity (Wildman–Crippen MR) is 74.6 cm³/mol. The van der Waals surface area contributed by atoms with Crippen molar-refractivity contribution in [1.29, 1.82) is 0 Å². The Hall–Kier alpha value is -0.940. The topological polar surface area (TPSA) is 74.2 Å². The van der Waals surface area contributed by atoms with Crippen molar-refractivity contribution in [2.24, 2.45) is 11.7 Å². The molecule has 0 saturated carbocycles. The largest absolute Gasteiger partial charge is 0.367 e. The molecule has 0 bridgehead atoms. The van der Waals surface area contributed by atoms with Gasteiger partial charge in [0, 0.05) is 6.61 Å². The Morgan fingerprint density at radius 1 is 1.26 bits per heavy atom. The average molecular weight is 269 g/mol. The second-order valence-electron chi connectivity index (χ2n) is 5.33. The molecule has 1 atom stereocenters. The van der Waals surface area contributed by atoms with E-state index >= 15 is 0 Å². The molecule has 5 nitrogen and oxygen atoms in total. The van der Waals surface area contributed by atoms with Gasteiger partial charge < -0.3 is 15.0 Å². The average Bonchev–Trinajstić information content (AvgIpc) is 2.85. The lowest BCUT2D eigenvalue weighted by molar-refractivity contribution is -0.0583. The Balaban J connectivity index is 2.92. The zero-order valence-electron chi connectivity index (χ0n) is 12.8. The van der Waals surface area contributed by atoms with Gasteiger partial charge in [0.05, 0.1) is 6.04 Å². The number of aromatic nitrogens is 2. The first kappa shape index (κ1) is 16.1. The van der Waals surface area contributed by atoms with Gasteiger partial charge in [-0.3, -0.25) is 0 Å². The quantitative estimate of drug-likeness (QED) is 0.784. The number of rotatable bonds is 8. The third-order valence-electron chi connectivity index (χ3n) is 3.45. The van der Waals surface area contributed by atoms with Crippen LogP contribution in [-0.2, 0) is 10.3 Å². The smallest absolute Gasteiger partial charge is 0.243 e. The summed E-state index contributed by atoms with van der Waals surface area (Å²) in [6, 6.07) is -0.200. The van der Waals surface area contributed by atoms with Crippen molar-refractivity contribution in [3.05, 3.63) is 11.7 Å². The summed E-state index contributed by atoms with van der Waals surface area (Å²) in [4.78, 5) is 4.47. The molecule has 0 unspecified atom stereocenters. The highest BCUT2D eigenvalue weighted by atomic mass is 16.5. The van der Waals surface area contributed by atoms with Crippen molar-refractivity contribution in [2.75, 3.05) is 6.61 Å². The Morgan fingerprint density at radius 3 is 2.37 bits per heavy atom. The first-order chi connectivity index (χ1) is 8.99. The van der Waals surface area contributed by atoms with E-state index in [-0.39, 0.29) is 6.04 Å². The van der Waals surface area contributed by atoms with E-state index in [9.17, 15) is 0 Å². The van der Waals surface area contributed by atoms with Crippen LogP contribution in [0.4, 0.5) is 0 Å². The normalized spacial score (nSPS) is 14.1. The third kappa shape index (κ3) is 3.76. The minimum atomic E-state index is -0.450. The van der Waals surface area contributed by atoms with Crippen LogP contribution in [0.3, 0.4) is 0 Å². The van der Waals surface area contributed by atoms with E-state index in [0.717, 1.165) is 19.3 Å². The molecule has 1 aromatic heterocycles. The molecule has 5 heteroatoms. The van der Waals surface area contributed by atoms with E-state index in [0.29, 0.717) is 24.2 Å². The van der Waals surface area contributed by atoms with E-state index < -0.39 is 5.60 Å². The molecule has 1 rings (SSSR count). The first-order valence-electron chi connectivity index (χ1n) is 7.22. The zero-order valence-corrected chi connectivity index (χ0v) is 12.8. The van der Waals surface area contributed by atoms with Gasteiger partial charge in [-0.2, -0.15) is 4.98 Å². The molecular weight excluding hydrogens is 242 g/mol. The molecule has 0 amide bonds. The summed E-state index contributed by atoms with van der Waals surface area (Å²) in [6.07, 6.45) is 2.47. The van der Waals surface area contributed by atoms with Crippen molar-refractivity contribution in [3.63, 3.8) is 0 Å². The highest BCUT2D eigenvalue weighted by Gasteiger charge is 2.35. The number of nitrogens with two attached hydrogens (primary N) is 1. The summed E-state index contributed by atoms with van der Waals surface area (Å²) >= 11 is 0. The fraction of sp³-hybridized carbons (Fsp3) is 0.857. The van der Waals surface area contributed by atoms with Crippen molar-refractivity contribution < 1.29 is 9.26 Å². The summed E-state index contributed by atoms with van der Waals surface area (Å²) in [5, 5.41) is 4.09. The predicted octanol–water partition coefficient (Wildman–Crippen LogP) is 3.17. The lowest BCUT2D eigenvalue weighted by atomic mass is 9.96. The molecule has 2 N–H and O–H groups in total. The number of hydrogen-bond acceptors (Lipinski definition) is 5. The second-order valence-corrected chi connectivity index (χ2v) is 5.33. The van der Waals surface area contributed by atoms with Crippen LogP contribution in [0, 0.1) is 5.92 Å². The fourth-order valence-electron chi connectivity index (χ4n) is 2.29. The number of hydrogen-bond donors (Lipinski definition) is 1. The summed E-state index contributed by atoms with van der Waals surface area (Å²) in [5.74, 6) is 1.63. The summed E-state index contributed by atoms with van der Waals surface area (Å²) in [6.45, 7) is 11.0. The van der Waals surface area contributed by atoms with Gasteiger partial charge in [-0.15, -0.1) is 0 Å². The zero-order chi connectivity index (χ0) is 14.5. The molecule has 0 spiro atoms. The van der Waals surface area contributed by atoms with Crippen LogP contribution < -0.4 is 5.73 Å². The minimum absolute atomic E-state index is 0.200. The van der Waals surface area contributed by atoms with Crippen LogP contribution in [0.15, 0.2) is 4.52 Å². The summed E-state index contributed by atoms with van der Waals surface area (Å²) < 4.78 is 11.2. The van der Waals surface area contributed by atoms with E-state index in [1.807, 2.05) is 6.92 Å². The fourth-order valence-corrected chi connectivity index (χ4v) is 2.29. The van der Waals surface area contributed by atoms with Gasteiger partial charge in [0.2, 0.25) is 11.7 Å². The molecule has 0 aliphatic heterocycles. The maximum absolute atomic E-state index is 6.07. The Morgan fingerprint density at radius 2 is 1.89 bits per heavy atom. The van der Waals surface area contributed by atoms with Crippen LogP contribution in [0.5, 0.6) is 0 Å². The molecule has 0 aliphatic rings. The SMILES string of the molecule is CCOC(CC)(CC)c1noc([C@H](N)CC(C)C)n1. The Labute approximate surface area is 115 Å². The highest BCUT2D eigenvalue weighted by Crippen LogP contribution is 2.31. The maximum atomic E-state index is 6.07. The van der Waals surface area contributed by atoms with Gasteiger partial charge in [-0.05, 0) is 32.1 Å². The van der Waals surface area contributed by atoms with Crippen LogP contribution in [0.2, 0.25) is 0 Å². The van der Waals surface area contributed by atoms with Gasteiger partial charge in [0.15, 0.2) is 0 Å². The van der Waals surface area contributed by atoms with Crippen molar-refractivity contribution in [2.45, 2.75) is 65.5 Å². The third-order valence-corrected chi connectivity index (χ3v) is 3.45. The van der Waals surface area contributed by atoms with Gasteiger partial charge >= 0.3 is 0 Å². The first-order valence-corrected chi connectivity index (χ1v) is 7.22. The molecule has 110 valence electrons. The molecule has 0 fully saturated rings. The molecule has 0 radical (unpaired) electrons. The van der Waals surface area contributed by atoms with Crippen LogP contribution in [0.1, 0.15) is 71.6 Å². The van der Waals surface area contributed by atoms with E-state index in [1.54, 1.807) is 0 Å². The van der Waals surface area contributed by atoms with Crippen LogP contribution in [0.25, 0.3) is 0 Å². The van der Waals surface area contributed by atoms with Crippen molar-refractivity contribution >= 4 is 0 Å². The van der Waals surface area contributed by atoms with Crippen molar-refractivity contribution in [1.82, 2.24) is 10.1 Å². The molecule has 0 saturated heterocycles. The van der Waals surface area contributed by atoms with Crippen LogP contribution in [-0.4, -0.2) is 16.7 Å². The Bertz CT molecular complexity index is 373. The van der Waals surface area contributed by atoms with E-state index in [2.05, 4.69) is 37.8 Å². The van der Waals surface area contributed by atoms with E-state index in [1.165, 1.54) is 0 Å². The van der Waals surface area contributed by atoms with Gasteiger partial charge in [-0.25, -0.2) is 0 Å². The van der Waals surface area contributed by atoms with Crippen LogP contribution >= 0.6 is 0 Å². The summed E-state index contributed by atoms with van der Waals surface area (Å²) in [5.41, 5.74) is 5.62. The minimum Gasteiger partial charge on any atom is -0.367 e. The van der Waals surface area contributed by atoms with Gasteiger partial charge in [0.1, 0.15) is 5.60 Å². The van der Waals surface area contributed by atoms with E-state index in [4.69, 9.17) is 15.0 Å². The molecular formula is C14H27N3O2. The van der Waals surface area contributed by atoms with Gasteiger partial charge in [0.25, 0.3) is 0 Å². The maximum Gasteiger partial charge on any atom is 0.243 e. The summed E-state index contributed by atoms with van der Waals surface area (Å²) in [7, 11) is 0. The molecule has 19 heavy (non-hydrogen) atoms.